The van der Waals surface area contributed by atoms with Crippen LogP contribution in [0, 0.1) is 5.92 Å². The van der Waals surface area contributed by atoms with Crippen LogP contribution in [0.4, 0.5) is 0 Å². The lowest BCUT2D eigenvalue weighted by Gasteiger charge is -2.37. The lowest BCUT2D eigenvalue weighted by molar-refractivity contribution is 0.00677. The molecule has 0 unspecified atom stereocenters. The van der Waals surface area contributed by atoms with Gasteiger partial charge in [0.25, 0.3) is 0 Å². The Labute approximate surface area is 157 Å². The van der Waals surface area contributed by atoms with Crippen LogP contribution in [0.1, 0.15) is 25.0 Å². The van der Waals surface area contributed by atoms with Crippen molar-refractivity contribution in [3.8, 4) is 0 Å². The average Bonchev–Trinajstić information content (AvgIpc) is 2.64. The monoisotopic (exact) mass is 351 g/mol. The van der Waals surface area contributed by atoms with Gasteiger partial charge in [0.05, 0.1) is 7.11 Å². The van der Waals surface area contributed by atoms with E-state index in [1.165, 1.54) is 11.1 Å². The number of benzene rings is 2. The highest BCUT2D eigenvalue weighted by Gasteiger charge is 2.32. The Morgan fingerprint density at radius 1 is 1.00 bits per heavy atom. The van der Waals surface area contributed by atoms with Crippen LogP contribution >= 0.6 is 0 Å². The fraction of sp³-hybridized carbons (Fsp3) is 0.348. The van der Waals surface area contributed by atoms with Crippen LogP contribution < -0.4 is 0 Å². The summed E-state index contributed by atoms with van der Waals surface area (Å²) in [7, 11) is 1.55. The third-order valence-corrected chi connectivity index (χ3v) is 4.55. The molecule has 0 saturated carbocycles. The maximum Gasteiger partial charge on any atom is 0.167 e. The molecule has 0 bridgehead atoms. The van der Waals surface area contributed by atoms with E-state index < -0.39 is 6.10 Å². The summed E-state index contributed by atoms with van der Waals surface area (Å²) < 4.78 is 5.31. The summed E-state index contributed by atoms with van der Waals surface area (Å²) in [4.78, 5) is 2.30. The fourth-order valence-corrected chi connectivity index (χ4v) is 3.34. The predicted octanol–water partition coefficient (Wildman–Crippen LogP) is 4.39. The van der Waals surface area contributed by atoms with E-state index in [1.807, 2.05) is 36.4 Å². The van der Waals surface area contributed by atoms with Crippen molar-refractivity contribution in [1.29, 1.82) is 0 Å². The third kappa shape index (κ3) is 5.34. The zero-order chi connectivity index (χ0) is 18.9. The second kappa shape index (κ2) is 9.98. The summed E-state index contributed by atoms with van der Waals surface area (Å²) in [6.45, 7) is 9.37. The van der Waals surface area contributed by atoms with Gasteiger partial charge in [-0.1, -0.05) is 86.8 Å². The number of nitrogens with zero attached hydrogens (tertiary/aromatic N) is 1. The standard InChI is InChI=1S/C23H29NO2/c1-5-21(26-4)23(25)22(18(2)3)24(16-19-12-8-6-9-13-19)17-20-14-10-7-11-15-20/h6-15,18,22-23,25H,1,16-17H2,2-4H3/t22-,23-/m0/s1. The van der Waals surface area contributed by atoms with Gasteiger partial charge >= 0.3 is 0 Å². The summed E-state index contributed by atoms with van der Waals surface area (Å²) in [5.41, 5.74) is 5.16. The van der Waals surface area contributed by atoms with Gasteiger partial charge < -0.3 is 9.84 Å². The summed E-state index contributed by atoms with van der Waals surface area (Å²) in [6.07, 6.45) is -0.787. The van der Waals surface area contributed by atoms with E-state index in [4.69, 9.17) is 4.74 Å². The van der Waals surface area contributed by atoms with Gasteiger partial charge in [0.15, 0.2) is 5.76 Å². The number of rotatable bonds is 9. The molecule has 2 rings (SSSR count). The summed E-state index contributed by atoms with van der Waals surface area (Å²) in [5.74, 6) is 0.603. The van der Waals surface area contributed by atoms with Gasteiger partial charge in [-0.3, -0.25) is 4.90 Å². The summed E-state index contributed by atoms with van der Waals surface area (Å²) in [6, 6.07) is 20.5. The summed E-state index contributed by atoms with van der Waals surface area (Å²) >= 11 is 0. The van der Waals surface area contributed by atoms with Crippen molar-refractivity contribution in [2.45, 2.75) is 39.1 Å². The molecule has 2 aromatic carbocycles. The lowest BCUT2D eigenvalue weighted by Crippen LogP contribution is -2.47. The molecule has 0 aromatic heterocycles. The van der Waals surface area contributed by atoms with E-state index >= 15 is 0 Å². The van der Waals surface area contributed by atoms with Crippen molar-refractivity contribution < 1.29 is 9.84 Å². The molecule has 0 fully saturated rings. The number of methoxy groups -OCH3 is 1. The van der Waals surface area contributed by atoms with Gasteiger partial charge in [-0.25, -0.2) is 0 Å². The number of ether oxygens (including phenoxy) is 1. The van der Waals surface area contributed by atoms with Crippen LogP contribution in [0.15, 0.2) is 78.7 Å². The number of hydrogen-bond donors (Lipinski definition) is 1. The minimum atomic E-state index is -0.787. The first kappa shape index (κ1) is 20.0. The minimum absolute atomic E-state index is 0.125. The van der Waals surface area contributed by atoms with E-state index in [2.05, 4.69) is 55.3 Å². The molecule has 0 amide bonds. The molecule has 26 heavy (non-hydrogen) atoms. The maximum atomic E-state index is 11.0. The number of aliphatic hydroxyl groups excluding tert-OH is 1. The molecule has 0 aliphatic rings. The molecule has 3 nitrogen and oxygen atoms in total. The average molecular weight is 351 g/mol. The highest BCUT2D eigenvalue weighted by molar-refractivity contribution is 5.18. The molecule has 2 aromatic rings. The van der Waals surface area contributed by atoms with Gasteiger partial charge in [-0.2, -0.15) is 0 Å². The van der Waals surface area contributed by atoms with Crippen molar-refractivity contribution in [3.63, 3.8) is 0 Å². The van der Waals surface area contributed by atoms with Crippen LogP contribution in [0.5, 0.6) is 0 Å². The second-order valence-corrected chi connectivity index (χ2v) is 6.80. The van der Waals surface area contributed by atoms with Crippen molar-refractivity contribution in [3.05, 3.63) is 89.9 Å². The van der Waals surface area contributed by atoms with E-state index in [1.54, 1.807) is 7.11 Å². The minimum Gasteiger partial charge on any atom is -0.490 e. The van der Waals surface area contributed by atoms with Gasteiger partial charge in [-0.15, -0.1) is 0 Å². The van der Waals surface area contributed by atoms with Gasteiger partial charge in [0, 0.05) is 19.1 Å². The van der Waals surface area contributed by atoms with Crippen LogP contribution in [-0.4, -0.2) is 29.3 Å². The predicted molar refractivity (Wildman–Crippen MR) is 106 cm³/mol. The molecule has 0 radical (unpaired) electrons. The van der Waals surface area contributed by atoms with Gasteiger partial charge in [0.1, 0.15) is 6.10 Å². The molecule has 138 valence electrons. The normalized spacial score (nSPS) is 13.3. The van der Waals surface area contributed by atoms with Crippen molar-refractivity contribution in [2.75, 3.05) is 7.11 Å². The molecule has 0 aliphatic carbocycles. The lowest BCUT2D eigenvalue weighted by atomic mass is 9.94. The topological polar surface area (TPSA) is 32.7 Å². The maximum absolute atomic E-state index is 11.0. The Balaban J connectivity index is 2.36. The quantitative estimate of drug-likeness (QED) is 0.537. The fourth-order valence-electron chi connectivity index (χ4n) is 3.34. The van der Waals surface area contributed by atoms with Crippen LogP contribution in [0.3, 0.4) is 0 Å². The van der Waals surface area contributed by atoms with Crippen LogP contribution in [0.25, 0.3) is 0 Å². The van der Waals surface area contributed by atoms with Gasteiger partial charge in [0.2, 0.25) is 0 Å². The number of aliphatic hydroxyl groups is 1. The third-order valence-electron chi connectivity index (χ3n) is 4.55. The first-order valence-corrected chi connectivity index (χ1v) is 9.00. The van der Waals surface area contributed by atoms with Crippen molar-refractivity contribution in [1.82, 2.24) is 4.90 Å². The molecular formula is C23H29NO2. The van der Waals surface area contributed by atoms with Gasteiger partial charge in [-0.05, 0) is 17.0 Å². The van der Waals surface area contributed by atoms with Crippen molar-refractivity contribution in [2.24, 2.45) is 5.92 Å². The smallest absolute Gasteiger partial charge is 0.167 e. The molecule has 1 N–H and O–H groups in total. The molecule has 0 aliphatic heterocycles. The Bertz CT molecular complexity index is 664. The first-order chi connectivity index (χ1) is 12.6. The first-order valence-electron chi connectivity index (χ1n) is 9.00. The summed E-state index contributed by atoms with van der Waals surface area (Å²) in [5, 5.41) is 11.0. The molecule has 0 saturated heterocycles. The highest BCUT2D eigenvalue weighted by atomic mass is 16.5. The Morgan fingerprint density at radius 2 is 1.46 bits per heavy atom. The highest BCUT2D eigenvalue weighted by Crippen LogP contribution is 2.24. The Kier molecular flexibility index (Phi) is 7.68. The van der Waals surface area contributed by atoms with Crippen molar-refractivity contribution >= 4 is 0 Å². The van der Waals surface area contributed by atoms with Crippen LogP contribution in [0.2, 0.25) is 0 Å². The van der Waals surface area contributed by atoms with E-state index in [0.717, 1.165) is 13.1 Å². The molecular weight excluding hydrogens is 322 g/mol. The molecule has 0 spiro atoms. The van der Waals surface area contributed by atoms with E-state index in [-0.39, 0.29) is 12.0 Å². The number of hydrogen-bond acceptors (Lipinski definition) is 3. The Hall–Kier alpha value is -2.32. The molecule has 0 heterocycles. The van der Waals surface area contributed by atoms with E-state index in [0.29, 0.717) is 5.76 Å². The van der Waals surface area contributed by atoms with Crippen LogP contribution in [-0.2, 0) is 17.8 Å². The SMILES string of the molecule is C=C=C(OC)[C@H](O)[C@H](C(C)C)N(Cc1ccccc1)Cc1ccccc1. The van der Waals surface area contributed by atoms with E-state index in [9.17, 15) is 5.11 Å². The largest absolute Gasteiger partial charge is 0.490 e. The molecule has 3 heteroatoms. The Morgan fingerprint density at radius 3 is 1.81 bits per heavy atom. The zero-order valence-electron chi connectivity index (χ0n) is 15.9. The molecule has 2 atom stereocenters. The zero-order valence-corrected chi connectivity index (χ0v) is 15.9. The second-order valence-electron chi connectivity index (χ2n) is 6.80.